The van der Waals surface area contributed by atoms with Gasteiger partial charge in [-0.25, -0.2) is 0 Å². The third-order valence-corrected chi connectivity index (χ3v) is 6.57. The predicted molar refractivity (Wildman–Crippen MR) is 129 cm³/mol. The third kappa shape index (κ3) is 5.38. The van der Waals surface area contributed by atoms with Crippen molar-refractivity contribution in [3.05, 3.63) is 102 Å². The number of hydrogen-bond donors (Lipinski definition) is 2. The zero-order valence-electron chi connectivity index (χ0n) is 18.7. The van der Waals surface area contributed by atoms with Crippen LogP contribution >= 0.6 is 0 Å². The molecule has 3 aromatic carbocycles. The molecule has 3 aromatic rings. The molecule has 1 saturated carbocycles. The molecule has 4 nitrogen and oxygen atoms in total. The van der Waals surface area contributed by atoms with Crippen LogP contribution in [0.2, 0.25) is 0 Å². The molecule has 1 aliphatic carbocycles. The van der Waals surface area contributed by atoms with Crippen LogP contribution in [0.25, 0.3) is 0 Å². The minimum atomic E-state index is -0.265. The van der Waals surface area contributed by atoms with E-state index in [9.17, 15) is 4.79 Å². The molecule has 166 valence electrons. The Hall–Kier alpha value is -3.11. The molecule has 0 unspecified atom stereocenters. The van der Waals surface area contributed by atoms with Crippen LogP contribution in [0.3, 0.4) is 0 Å². The van der Waals surface area contributed by atoms with Gasteiger partial charge in [0.15, 0.2) is 0 Å². The van der Waals surface area contributed by atoms with Gasteiger partial charge in [-0.05, 0) is 55.1 Å². The van der Waals surface area contributed by atoms with Crippen LogP contribution in [-0.4, -0.2) is 25.5 Å². The summed E-state index contributed by atoms with van der Waals surface area (Å²) < 4.78 is 5.87. The number of amides is 1. The van der Waals surface area contributed by atoms with E-state index in [2.05, 4.69) is 47.0 Å². The van der Waals surface area contributed by atoms with Gasteiger partial charge in [-0.15, -0.1) is 0 Å². The maximum Gasteiger partial charge on any atom is 0.237 e. The molecule has 0 spiro atoms. The molecule has 4 rings (SSSR count). The highest BCUT2D eigenvalue weighted by Gasteiger charge is 2.39. The van der Waals surface area contributed by atoms with Gasteiger partial charge in [-0.3, -0.25) is 4.79 Å². The summed E-state index contributed by atoms with van der Waals surface area (Å²) in [6.45, 7) is 1.24. The normalized spacial score (nSPS) is 15.4. The van der Waals surface area contributed by atoms with E-state index in [0.717, 1.165) is 29.7 Å². The molecular formula is C28H32N2O2. The minimum absolute atomic E-state index is 0.0547. The van der Waals surface area contributed by atoms with Gasteiger partial charge in [-0.2, -0.15) is 0 Å². The SMILES string of the molecule is CN[C@@H](Cc1ccc(OCc2ccccc2)cc1)C(=O)NCC1(c2ccccc2)CCC1. The zero-order valence-corrected chi connectivity index (χ0v) is 18.7. The fourth-order valence-corrected chi connectivity index (χ4v) is 4.37. The highest BCUT2D eigenvalue weighted by atomic mass is 16.5. The monoisotopic (exact) mass is 428 g/mol. The Labute approximate surface area is 191 Å². The Balaban J connectivity index is 1.30. The summed E-state index contributed by atoms with van der Waals surface area (Å²) in [6, 6.07) is 28.5. The zero-order chi connectivity index (χ0) is 22.2. The quantitative estimate of drug-likeness (QED) is 0.495. The number of carbonyl (C=O) groups excluding carboxylic acids is 1. The maximum absolute atomic E-state index is 12.9. The van der Waals surface area contributed by atoms with E-state index in [1.54, 1.807) is 0 Å². The Morgan fingerprint density at radius 2 is 1.56 bits per heavy atom. The van der Waals surface area contributed by atoms with Crippen molar-refractivity contribution in [1.82, 2.24) is 10.6 Å². The lowest BCUT2D eigenvalue weighted by molar-refractivity contribution is -0.123. The largest absolute Gasteiger partial charge is 0.489 e. The summed E-state index contributed by atoms with van der Waals surface area (Å²) in [5.74, 6) is 0.886. The van der Waals surface area contributed by atoms with Crippen LogP contribution in [0, 0.1) is 0 Å². The Morgan fingerprint density at radius 3 is 2.16 bits per heavy atom. The molecule has 0 bridgehead atoms. The number of hydrogen-bond acceptors (Lipinski definition) is 3. The third-order valence-electron chi connectivity index (χ3n) is 6.57. The van der Waals surface area contributed by atoms with Crippen molar-refractivity contribution in [3.8, 4) is 5.75 Å². The first-order valence-corrected chi connectivity index (χ1v) is 11.4. The lowest BCUT2D eigenvalue weighted by Gasteiger charge is -2.43. The van der Waals surface area contributed by atoms with Gasteiger partial charge >= 0.3 is 0 Å². The number of likely N-dealkylation sites (N-methyl/N-ethyl adjacent to an activating group) is 1. The Bertz CT molecular complexity index is 983. The Morgan fingerprint density at radius 1 is 0.906 bits per heavy atom. The molecular weight excluding hydrogens is 396 g/mol. The van der Waals surface area contributed by atoms with Crippen LogP contribution < -0.4 is 15.4 Å². The van der Waals surface area contributed by atoms with Gasteiger partial charge in [-0.1, -0.05) is 79.2 Å². The fourth-order valence-electron chi connectivity index (χ4n) is 4.37. The fraction of sp³-hybridized carbons (Fsp3) is 0.321. The summed E-state index contributed by atoms with van der Waals surface area (Å²) in [6.07, 6.45) is 4.12. The molecule has 1 atom stereocenters. The maximum atomic E-state index is 12.9. The summed E-state index contributed by atoms with van der Waals surface area (Å²) in [5.41, 5.74) is 3.67. The van der Waals surface area contributed by atoms with Crippen LogP contribution in [0.4, 0.5) is 0 Å². The van der Waals surface area contributed by atoms with Crippen molar-refractivity contribution in [2.45, 2.75) is 43.7 Å². The molecule has 1 amide bonds. The van der Waals surface area contributed by atoms with Gasteiger partial charge in [0.25, 0.3) is 0 Å². The van der Waals surface area contributed by atoms with E-state index >= 15 is 0 Å². The van der Waals surface area contributed by atoms with Gasteiger partial charge in [0, 0.05) is 12.0 Å². The van der Waals surface area contributed by atoms with Crippen molar-refractivity contribution in [2.75, 3.05) is 13.6 Å². The predicted octanol–water partition coefficient (Wildman–Crippen LogP) is 4.63. The summed E-state index contributed by atoms with van der Waals surface area (Å²) in [4.78, 5) is 12.9. The number of benzene rings is 3. The Kier molecular flexibility index (Phi) is 7.23. The van der Waals surface area contributed by atoms with Crippen molar-refractivity contribution in [1.29, 1.82) is 0 Å². The standard InChI is InChI=1S/C28H32N2O2/c1-29-26(27(31)30-21-28(17-8-18-28)24-11-6-3-7-12-24)19-22-13-15-25(16-14-22)32-20-23-9-4-2-5-10-23/h2-7,9-16,26,29H,8,17-21H2,1H3,(H,30,31)/t26-/m0/s1. The first kappa shape index (κ1) is 22.1. The highest BCUT2D eigenvalue weighted by Crippen LogP contribution is 2.43. The van der Waals surface area contributed by atoms with E-state index < -0.39 is 0 Å². The van der Waals surface area contributed by atoms with Crippen molar-refractivity contribution >= 4 is 5.91 Å². The molecule has 0 aromatic heterocycles. The molecule has 1 fully saturated rings. The topological polar surface area (TPSA) is 50.4 Å². The minimum Gasteiger partial charge on any atom is -0.489 e. The van der Waals surface area contributed by atoms with Gasteiger partial charge in [0.1, 0.15) is 12.4 Å². The average Bonchev–Trinajstić information content (AvgIpc) is 2.82. The lowest BCUT2D eigenvalue weighted by atomic mass is 9.64. The first-order valence-electron chi connectivity index (χ1n) is 11.4. The van der Waals surface area contributed by atoms with Crippen LogP contribution in [0.15, 0.2) is 84.9 Å². The molecule has 0 radical (unpaired) electrons. The lowest BCUT2D eigenvalue weighted by Crippen LogP contribution is -2.50. The van der Waals surface area contributed by atoms with E-state index in [1.165, 1.54) is 12.0 Å². The molecule has 4 heteroatoms. The number of nitrogens with one attached hydrogen (secondary N) is 2. The van der Waals surface area contributed by atoms with E-state index in [4.69, 9.17) is 4.74 Å². The number of carbonyl (C=O) groups is 1. The molecule has 2 N–H and O–H groups in total. The first-order chi connectivity index (χ1) is 15.7. The van der Waals surface area contributed by atoms with Crippen LogP contribution in [-0.2, 0) is 23.2 Å². The molecule has 0 saturated heterocycles. The second-order valence-corrected chi connectivity index (χ2v) is 8.68. The van der Waals surface area contributed by atoms with E-state index in [0.29, 0.717) is 19.6 Å². The highest BCUT2D eigenvalue weighted by molar-refractivity contribution is 5.82. The van der Waals surface area contributed by atoms with E-state index in [-0.39, 0.29) is 17.4 Å². The second kappa shape index (κ2) is 10.5. The van der Waals surface area contributed by atoms with Crippen LogP contribution in [0.5, 0.6) is 5.75 Å². The second-order valence-electron chi connectivity index (χ2n) is 8.68. The number of rotatable bonds is 10. The molecule has 1 aliphatic rings. The molecule has 32 heavy (non-hydrogen) atoms. The molecule has 0 heterocycles. The van der Waals surface area contributed by atoms with Gasteiger partial charge in [0.2, 0.25) is 5.91 Å². The van der Waals surface area contributed by atoms with Crippen molar-refractivity contribution < 1.29 is 9.53 Å². The summed E-state index contributed by atoms with van der Waals surface area (Å²) >= 11 is 0. The van der Waals surface area contributed by atoms with Crippen molar-refractivity contribution in [2.24, 2.45) is 0 Å². The van der Waals surface area contributed by atoms with Gasteiger partial charge in [0.05, 0.1) is 6.04 Å². The number of ether oxygens (including phenoxy) is 1. The summed E-state index contributed by atoms with van der Waals surface area (Å²) in [7, 11) is 1.85. The summed E-state index contributed by atoms with van der Waals surface area (Å²) in [5, 5.41) is 6.40. The van der Waals surface area contributed by atoms with Gasteiger partial charge < -0.3 is 15.4 Å². The van der Waals surface area contributed by atoms with Crippen LogP contribution in [0.1, 0.15) is 36.0 Å². The van der Waals surface area contributed by atoms with E-state index in [1.807, 2.05) is 55.6 Å². The average molecular weight is 429 g/mol. The van der Waals surface area contributed by atoms with Crippen molar-refractivity contribution in [3.63, 3.8) is 0 Å². The molecule has 0 aliphatic heterocycles. The smallest absolute Gasteiger partial charge is 0.237 e.